The standard InChI is InChI=1S/C24H31Cl2N3O4S/c1-6-11-27-24(31)18(4)28(14-19-8-9-20(25)13-22(19)26)23(30)15-29(34(5,32)33)21-10-7-16(2)17(3)12-21/h7-10,12-13,18H,6,11,14-15H2,1-5H3,(H,27,31)/t18-/m0/s1. The highest BCUT2D eigenvalue weighted by molar-refractivity contribution is 7.92. The first kappa shape index (κ1) is 28.0. The van der Waals surface area contributed by atoms with Gasteiger partial charge in [-0.1, -0.05) is 42.3 Å². The second-order valence-electron chi connectivity index (χ2n) is 8.26. The first-order chi connectivity index (χ1) is 15.8. The molecule has 0 spiro atoms. The van der Waals surface area contributed by atoms with Crippen molar-refractivity contribution in [2.75, 3.05) is 23.7 Å². The number of hydrogen-bond acceptors (Lipinski definition) is 4. The lowest BCUT2D eigenvalue weighted by Crippen LogP contribution is -2.51. The maximum atomic E-state index is 13.5. The normalized spacial score (nSPS) is 12.2. The van der Waals surface area contributed by atoms with E-state index in [1.165, 1.54) is 4.90 Å². The summed E-state index contributed by atoms with van der Waals surface area (Å²) < 4.78 is 26.3. The van der Waals surface area contributed by atoms with E-state index in [-0.39, 0.29) is 12.5 Å². The monoisotopic (exact) mass is 527 g/mol. The number of benzene rings is 2. The molecule has 2 aromatic rings. The van der Waals surface area contributed by atoms with Crippen LogP contribution in [0.25, 0.3) is 0 Å². The predicted molar refractivity (Wildman–Crippen MR) is 138 cm³/mol. The number of amides is 2. The average Bonchev–Trinajstić information content (AvgIpc) is 2.75. The van der Waals surface area contributed by atoms with E-state index in [0.29, 0.717) is 27.8 Å². The Morgan fingerprint density at radius 3 is 2.29 bits per heavy atom. The van der Waals surface area contributed by atoms with Crippen molar-refractivity contribution in [3.63, 3.8) is 0 Å². The van der Waals surface area contributed by atoms with Crippen LogP contribution in [0.2, 0.25) is 10.0 Å². The lowest BCUT2D eigenvalue weighted by molar-refractivity contribution is -0.139. The number of nitrogens with one attached hydrogen (secondary N) is 1. The van der Waals surface area contributed by atoms with Crippen molar-refractivity contribution in [3.05, 3.63) is 63.1 Å². The molecule has 0 heterocycles. The first-order valence-corrected chi connectivity index (χ1v) is 13.5. The molecule has 34 heavy (non-hydrogen) atoms. The van der Waals surface area contributed by atoms with E-state index < -0.39 is 28.5 Å². The van der Waals surface area contributed by atoms with Crippen LogP contribution in [0.15, 0.2) is 36.4 Å². The van der Waals surface area contributed by atoms with Gasteiger partial charge in [-0.05, 0) is 68.1 Å². The fourth-order valence-electron chi connectivity index (χ4n) is 3.31. The van der Waals surface area contributed by atoms with Crippen molar-refractivity contribution in [1.82, 2.24) is 10.2 Å². The number of halogens is 2. The fraction of sp³-hybridized carbons (Fsp3) is 0.417. The number of carbonyl (C=O) groups excluding carboxylic acids is 2. The molecule has 0 aromatic heterocycles. The van der Waals surface area contributed by atoms with Crippen molar-refractivity contribution in [2.24, 2.45) is 0 Å². The van der Waals surface area contributed by atoms with Gasteiger partial charge in [0.25, 0.3) is 0 Å². The molecule has 10 heteroatoms. The first-order valence-electron chi connectivity index (χ1n) is 10.9. The summed E-state index contributed by atoms with van der Waals surface area (Å²) >= 11 is 12.3. The van der Waals surface area contributed by atoms with Crippen molar-refractivity contribution in [2.45, 2.75) is 46.7 Å². The van der Waals surface area contributed by atoms with Gasteiger partial charge in [0.05, 0.1) is 11.9 Å². The van der Waals surface area contributed by atoms with Crippen LogP contribution in [0, 0.1) is 13.8 Å². The van der Waals surface area contributed by atoms with Gasteiger partial charge in [0, 0.05) is 23.1 Å². The molecule has 0 fully saturated rings. The Kier molecular flexibility index (Phi) is 9.79. The minimum Gasteiger partial charge on any atom is -0.354 e. The lowest BCUT2D eigenvalue weighted by Gasteiger charge is -2.31. The zero-order chi connectivity index (χ0) is 25.6. The third kappa shape index (κ3) is 7.35. The molecule has 0 aliphatic heterocycles. The van der Waals surface area contributed by atoms with Gasteiger partial charge in [-0.3, -0.25) is 13.9 Å². The number of anilines is 1. The van der Waals surface area contributed by atoms with E-state index in [2.05, 4.69) is 5.32 Å². The smallest absolute Gasteiger partial charge is 0.244 e. The molecule has 0 saturated carbocycles. The number of nitrogens with zero attached hydrogens (tertiary/aromatic N) is 2. The summed E-state index contributed by atoms with van der Waals surface area (Å²) in [5.74, 6) is -0.869. The summed E-state index contributed by atoms with van der Waals surface area (Å²) in [6, 6.07) is 9.22. The molecule has 0 unspecified atom stereocenters. The van der Waals surface area contributed by atoms with Crippen LogP contribution in [0.4, 0.5) is 5.69 Å². The van der Waals surface area contributed by atoms with Crippen LogP contribution < -0.4 is 9.62 Å². The molecule has 0 aliphatic carbocycles. The third-order valence-corrected chi connectivity index (χ3v) is 7.26. The summed E-state index contributed by atoms with van der Waals surface area (Å²) in [4.78, 5) is 27.6. The van der Waals surface area contributed by atoms with E-state index in [0.717, 1.165) is 28.1 Å². The van der Waals surface area contributed by atoms with Gasteiger partial charge in [-0.15, -0.1) is 0 Å². The molecule has 7 nitrogen and oxygen atoms in total. The topological polar surface area (TPSA) is 86.8 Å². The summed E-state index contributed by atoms with van der Waals surface area (Å²) in [5, 5.41) is 3.58. The highest BCUT2D eigenvalue weighted by Crippen LogP contribution is 2.25. The molecule has 2 rings (SSSR count). The van der Waals surface area contributed by atoms with E-state index in [1.54, 1.807) is 43.3 Å². The summed E-state index contributed by atoms with van der Waals surface area (Å²) in [5.41, 5.74) is 2.87. The van der Waals surface area contributed by atoms with E-state index in [1.807, 2.05) is 20.8 Å². The van der Waals surface area contributed by atoms with Crippen molar-refractivity contribution in [1.29, 1.82) is 0 Å². The summed E-state index contributed by atoms with van der Waals surface area (Å²) in [6.45, 7) is 7.34. The molecule has 0 radical (unpaired) electrons. The zero-order valence-electron chi connectivity index (χ0n) is 20.1. The largest absolute Gasteiger partial charge is 0.354 e. The van der Waals surface area contributed by atoms with Gasteiger partial charge in [0.2, 0.25) is 21.8 Å². The molecule has 2 amide bonds. The van der Waals surface area contributed by atoms with Gasteiger partial charge in [-0.25, -0.2) is 8.42 Å². The van der Waals surface area contributed by atoms with Crippen molar-refractivity contribution >= 4 is 50.7 Å². The number of carbonyl (C=O) groups is 2. The quantitative estimate of drug-likeness (QED) is 0.498. The third-order valence-electron chi connectivity index (χ3n) is 5.53. The summed E-state index contributed by atoms with van der Waals surface area (Å²) in [6.07, 6.45) is 1.79. The highest BCUT2D eigenvalue weighted by atomic mass is 35.5. The molecule has 0 bridgehead atoms. The lowest BCUT2D eigenvalue weighted by atomic mass is 10.1. The van der Waals surface area contributed by atoms with Gasteiger partial charge in [0.1, 0.15) is 12.6 Å². The van der Waals surface area contributed by atoms with Crippen LogP contribution in [0.1, 0.15) is 37.0 Å². The SMILES string of the molecule is CCCNC(=O)[C@H](C)N(Cc1ccc(Cl)cc1Cl)C(=O)CN(c1ccc(C)c(C)c1)S(C)(=O)=O. The van der Waals surface area contributed by atoms with Gasteiger partial charge >= 0.3 is 0 Å². The number of rotatable bonds is 10. The molecular formula is C24H31Cl2N3O4S. The highest BCUT2D eigenvalue weighted by Gasteiger charge is 2.30. The van der Waals surface area contributed by atoms with Crippen LogP contribution in [0.5, 0.6) is 0 Å². The maximum absolute atomic E-state index is 13.5. The Labute approximate surface area is 212 Å². The van der Waals surface area contributed by atoms with Crippen LogP contribution in [0.3, 0.4) is 0 Å². The number of aryl methyl sites for hydroxylation is 2. The minimum atomic E-state index is -3.78. The zero-order valence-corrected chi connectivity index (χ0v) is 22.4. The van der Waals surface area contributed by atoms with Crippen molar-refractivity contribution < 1.29 is 18.0 Å². The van der Waals surface area contributed by atoms with E-state index in [9.17, 15) is 18.0 Å². The van der Waals surface area contributed by atoms with Gasteiger partial charge < -0.3 is 10.2 Å². The maximum Gasteiger partial charge on any atom is 0.244 e. The molecule has 0 saturated heterocycles. The van der Waals surface area contributed by atoms with Crippen LogP contribution in [-0.4, -0.2) is 50.5 Å². The second kappa shape index (κ2) is 11.9. The van der Waals surface area contributed by atoms with Crippen LogP contribution >= 0.6 is 23.2 Å². The molecule has 0 aliphatic rings. The average molecular weight is 529 g/mol. The number of sulfonamides is 1. The molecule has 186 valence electrons. The van der Waals surface area contributed by atoms with E-state index >= 15 is 0 Å². The second-order valence-corrected chi connectivity index (χ2v) is 11.0. The Balaban J connectivity index is 2.42. The molecular weight excluding hydrogens is 497 g/mol. The van der Waals surface area contributed by atoms with Crippen LogP contribution in [-0.2, 0) is 26.2 Å². The van der Waals surface area contributed by atoms with E-state index in [4.69, 9.17) is 23.2 Å². The Morgan fingerprint density at radius 2 is 1.74 bits per heavy atom. The molecule has 1 N–H and O–H groups in total. The van der Waals surface area contributed by atoms with Gasteiger partial charge in [0.15, 0.2) is 0 Å². The Bertz CT molecular complexity index is 1150. The van der Waals surface area contributed by atoms with Gasteiger partial charge in [-0.2, -0.15) is 0 Å². The molecule has 1 atom stereocenters. The fourth-order valence-corrected chi connectivity index (χ4v) is 4.62. The Hall–Kier alpha value is -2.29. The summed E-state index contributed by atoms with van der Waals surface area (Å²) in [7, 11) is -3.78. The molecule has 2 aromatic carbocycles. The minimum absolute atomic E-state index is 0.0140. The number of hydrogen-bond donors (Lipinski definition) is 1. The Morgan fingerprint density at radius 1 is 1.06 bits per heavy atom. The predicted octanol–water partition coefficient (Wildman–Crippen LogP) is 4.32. The van der Waals surface area contributed by atoms with Crippen molar-refractivity contribution in [3.8, 4) is 0 Å².